The number of unbranched alkanes of at least 4 members (excludes halogenated alkanes) is 9. The Bertz CT molecular complexity index is 347. The van der Waals surface area contributed by atoms with Gasteiger partial charge in [-0.15, -0.1) is 0 Å². The van der Waals surface area contributed by atoms with Crippen LogP contribution in [0, 0.1) is 5.92 Å². The van der Waals surface area contributed by atoms with Gasteiger partial charge < -0.3 is 15.3 Å². The summed E-state index contributed by atoms with van der Waals surface area (Å²) in [5.74, 6) is -0.140. The lowest BCUT2D eigenvalue weighted by Crippen LogP contribution is -2.34. The van der Waals surface area contributed by atoms with Crippen molar-refractivity contribution < 1.29 is 14.7 Å². The Morgan fingerprint density at radius 3 is 2.09 bits per heavy atom. The smallest absolute Gasteiger partial charge is 0.407 e. The van der Waals surface area contributed by atoms with Crippen LogP contribution in [0.3, 0.4) is 0 Å². The normalized spacial score (nSPS) is 17.4. The molecule has 5 heteroatoms. The van der Waals surface area contributed by atoms with E-state index in [0.717, 1.165) is 13.0 Å². The van der Waals surface area contributed by atoms with Gasteiger partial charge in [0.15, 0.2) is 0 Å². The number of rotatable bonds is 12. The lowest BCUT2D eigenvalue weighted by atomic mass is 10.1. The van der Waals surface area contributed by atoms with Crippen molar-refractivity contribution in [3.63, 3.8) is 0 Å². The molecule has 0 radical (unpaired) electrons. The van der Waals surface area contributed by atoms with Crippen LogP contribution in [-0.2, 0) is 4.79 Å². The Morgan fingerprint density at radius 1 is 1.00 bits per heavy atom. The van der Waals surface area contributed by atoms with Gasteiger partial charge in [0, 0.05) is 19.6 Å². The molecule has 0 aromatic rings. The van der Waals surface area contributed by atoms with Gasteiger partial charge in [0.2, 0.25) is 5.91 Å². The molecule has 1 heterocycles. The van der Waals surface area contributed by atoms with Crippen molar-refractivity contribution in [2.24, 2.45) is 5.92 Å². The molecule has 1 atom stereocenters. The third-order valence-electron chi connectivity index (χ3n) is 4.66. The minimum atomic E-state index is -0.921. The molecule has 134 valence electrons. The van der Waals surface area contributed by atoms with E-state index in [1.54, 1.807) is 0 Å². The molecule has 0 saturated carbocycles. The molecule has 0 aromatic carbocycles. The largest absolute Gasteiger partial charge is 0.465 e. The fraction of sp³-hybridized carbons (Fsp3) is 0.889. The van der Waals surface area contributed by atoms with Gasteiger partial charge in [-0.1, -0.05) is 64.7 Å². The van der Waals surface area contributed by atoms with Crippen LogP contribution in [0.5, 0.6) is 0 Å². The highest BCUT2D eigenvalue weighted by Gasteiger charge is 2.30. The summed E-state index contributed by atoms with van der Waals surface area (Å²) < 4.78 is 0. The third kappa shape index (κ3) is 8.82. The zero-order valence-electron chi connectivity index (χ0n) is 14.7. The molecule has 23 heavy (non-hydrogen) atoms. The fourth-order valence-electron chi connectivity index (χ4n) is 3.12. The lowest BCUT2D eigenvalue weighted by molar-refractivity contribution is -0.124. The van der Waals surface area contributed by atoms with Gasteiger partial charge in [0.05, 0.1) is 5.92 Å². The molecule has 1 saturated heterocycles. The Kier molecular flexibility index (Phi) is 10.5. The maximum absolute atomic E-state index is 11.9. The maximum atomic E-state index is 11.9. The summed E-state index contributed by atoms with van der Waals surface area (Å²) in [5, 5.41) is 11.8. The molecule has 2 amide bonds. The summed E-state index contributed by atoms with van der Waals surface area (Å²) in [7, 11) is 0. The molecule has 5 nitrogen and oxygen atoms in total. The number of amides is 2. The molecule has 1 aliphatic heterocycles. The van der Waals surface area contributed by atoms with E-state index in [1.165, 1.54) is 62.7 Å². The highest BCUT2D eigenvalue weighted by molar-refractivity contribution is 5.80. The zero-order chi connectivity index (χ0) is 16.9. The van der Waals surface area contributed by atoms with E-state index < -0.39 is 6.09 Å². The van der Waals surface area contributed by atoms with E-state index in [0.29, 0.717) is 19.5 Å². The van der Waals surface area contributed by atoms with Gasteiger partial charge in [-0.3, -0.25) is 4.79 Å². The highest BCUT2D eigenvalue weighted by Crippen LogP contribution is 2.16. The highest BCUT2D eigenvalue weighted by atomic mass is 16.4. The van der Waals surface area contributed by atoms with Crippen molar-refractivity contribution >= 4 is 12.0 Å². The quantitative estimate of drug-likeness (QED) is 0.532. The Labute approximate surface area is 140 Å². The first kappa shape index (κ1) is 19.8. The van der Waals surface area contributed by atoms with E-state index in [1.807, 2.05) is 0 Å². The summed E-state index contributed by atoms with van der Waals surface area (Å²) >= 11 is 0. The second-order valence-corrected chi connectivity index (χ2v) is 6.69. The predicted octanol–water partition coefficient (Wildman–Crippen LogP) is 4.02. The molecule has 0 bridgehead atoms. The van der Waals surface area contributed by atoms with Crippen LogP contribution in [0.25, 0.3) is 0 Å². The molecular weight excluding hydrogens is 292 g/mol. The standard InChI is InChI=1S/C18H34N2O3/c1-2-3-4-5-6-7-8-9-10-11-13-19-17(21)16-12-14-20(15-16)18(22)23/h16H,2-15H2,1H3,(H,19,21)(H,22,23)/t16-/m1/s1. The summed E-state index contributed by atoms with van der Waals surface area (Å²) in [4.78, 5) is 24.1. The molecule has 0 unspecified atom stereocenters. The number of hydrogen-bond acceptors (Lipinski definition) is 2. The summed E-state index contributed by atoms with van der Waals surface area (Å²) in [5.41, 5.74) is 0. The molecule has 0 aromatic heterocycles. The number of carbonyl (C=O) groups excluding carboxylic acids is 1. The second kappa shape index (κ2) is 12.2. The van der Waals surface area contributed by atoms with Gasteiger partial charge in [-0.05, 0) is 12.8 Å². The van der Waals surface area contributed by atoms with Gasteiger partial charge >= 0.3 is 6.09 Å². The van der Waals surface area contributed by atoms with Crippen LogP contribution in [-0.4, -0.2) is 41.6 Å². The van der Waals surface area contributed by atoms with Crippen LogP contribution in [0.1, 0.15) is 77.6 Å². The molecule has 0 aliphatic carbocycles. The monoisotopic (exact) mass is 326 g/mol. The number of carbonyl (C=O) groups is 2. The van der Waals surface area contributed by atoms with Crippen LogP contribution < -0.4 is 5.32 Å². The summed E-state index contributed by atoms with van der Waals surface area (Å²) in [6.45, 7) is 3.79. The van der Waals surface area contributed by atoms with Crippen molar-refractivity contribution in [3.8, 4) is 0 Å². The summed E-state index contributed by atoms with van der Waals surface area (Å²) in [6, 6.07) is 0. The Morgan fingerprint density at radius 2 is 1.57 bits per heavy atom. The molecule has 1 aliphatic rings. The minimum absolute atomic E-state index is 0.0182. The van der Waals surface area contributed by atoms with E-state index in [4.69, 9.17) is 5.11 Å². The SMILES string of the molecule is CCCCCCCCCCCCNC(=O)[C@@H]1CCN(C(=O)O)C1. The van der Waals surface area contributed by atoms with Crippen molar-refractivity contribution in [2.75, 3.05) is 19.6 Å². The van der Waals surface area contributed by atoms with Gasteiger partial charge in [0.25, 0.3) is 0 Å². The van der Waals surface area contributed by atoms with Crippen LogP contribution >= 0.6 is 0 Å². The van der Waals surface area contributed by atoms with E-state index >= 15 is 0 Å². The molecule has 1 rings (SSSR count). The van der Waals surface area contributed by atoms with Crippen molar-refractivity contribution in [3.05, 3.63) is 0 Å². The topological polar surface area (TPSA) is 69.6 Å². The Balaban J connectivity index is 1.89. The van der Waals surface area contributed by atoms with Crippen molar-refractivity contribution in [1.82, 2.24) is 10.2 Å². The van der Waals surface area contributed by atoms with Gasteiger partial charge in [0.1, 0.15) is 0 Å². The molecule has 0 spiro atoms. The van der Waals surface area contributed by atoms with Crippen molar-refractivity contribution in [2.45, 2.75) is 77.6 Å². The van der Waals surface area contributed by atoms with E-state index in [-0.39, 0.29) is 11.8 Å². The fourth-order valence-corrected chi connectivity index (χ4v) is 3.12. The number of carboxylic acid groups (broad SMARTS) is 1. The maximum Gasteiger partial charge on any atom is 0.407 e. The van der Waals surface area contributed by atoms with Crippen LogP contribution in [0.15, 0.2) is 0 Å². The number of likely N-dealkylation sites (tertiary alicyclic amines) is 1. The van der Waals surface area contributed by atoms with Gasteiger partial charge in [-0.2, -0.15) is 0 Å². The number of hydrogen-bond donors (Lipinski definition) is 2. The summed E-state index contributed by atoms with van der Waals surface area (Å²) in [6.07, 6.45) is 12.6. The number of nitrogens with zero attached hydrogens (tertiary/aromatic N) is 1. The minimum Gasteiger partial charge on any atom is -0.465 e. The third-order valence-corrected chi connectivity index (χ3v) is 4.66. The van der Waals surface area contributed by atoms with Crippen LogP contribution in [0.4, 0.5) is 4.79 Å². The van der Waals surface area contributed by atoms with Crippen LogP contribution in [0.2, 0.25) is 0 Å². The first-order valence-electron chi connectivity index (χ1n) is 9.40. The first-order valence-corrected chi connectivity index (χ1v) is 9.40. The zero-order valence-corrected chi connectivity index (χ0v) is 14.7. The average Bonchev–Trinajstić information content (AvgIpc) is 3.02. The molecule has 1 fully saturated rings. The Hall–Kier alpha value is -1.26. The van der Waals surface area contributed by atoms with Crippen molar-refractivity contribution in [1.29, 1.82) is 0 Å². The first-order chi connectivity index (χ1) is 11.1. The van der Waals surface area contributed by atoms with Gasteiger partial charge in [-0.25, -0.2) is 4.79 Å². The molecular formula is C18H34N2O3. The number of nitrogens with one attached hydrogen (secondary N) is 1. The van der Waals surface area contributed by atoms with E-state index in [9.17, 15) is 9.59 Å². The lowest BCUT2D eigenvalue weighted by Gasteiger charge is -2.12. The second-order valence-electron chi connectivity index (χ2n) is 6.69. The predicted molar refractivity (Wildman–Crippen MR) is 92.6 cm³/mol. The van der Waals surface area contributed by atoms with E-state index in [2.05, 4.69) is 12.2 Å². The average molecular weight is 326 g/mol. The molecule has 2 N–H and O–H groups in total.